The van der Waals surface area contributed by atoms with E-state index >= 15 is 0 Å². The van der Waals surface area contributed by atoms with Gasteiger partial charge in [0.25, 0.3) is 11.8 Å². The first-order chi connectivity index (χ1) is 10.9. The highest BCUT2D eigenvalue weighted by molar-refractivity contribution is 6.42. The molecule has 6 heteroatoms. The Morgan fingerprint density at radius 2 is 1.61 bits per heavy atom. The molecular formula is C17H17Cl2NO3. The quantitative estimate of drug-likeness (QED) is 0.750. The molecular weight excluding hydrogens is 337 g/mol. The lowest BCUT2D eigenvalue weighted by atomic mass is 9.93. The molecule has 0 saturated heterocycles. The molecule has 0 saturated carbocycles. The van der Waals surface area contributed by atoms with Gasteiger partial charge in [0.1, 0.15) is 5.02 Å². The molecule has 1 aromatic carbocycles. The summed E-state index contributed by atoms with van der Waals surface area (Å²) in [6, 6.07) is 3.18. The normalized spacial score (nSPS) is 18.0. The van der Waals surface area contributed by atoms with E-state index in [0.29, 0.717) is 40.4 Å². The van der Waals surface area contributed by atoms with Gasteiger partial charge >= 0.3 is 0 Å². The molecule has 0 radical (unpaired) electrons. The fraction of sp³-hybridized carbons (Fsp3) is 0.412. The number of carbonyl (C=O) groups is 2. The maximum Gasteiger partial charge on any atom is 0.261 e. The van der Waals surface area contributed by atoms with Crippen LogP contribution in [0, 0.1) is 0 Å². The van der Waals surface area contributed by atoms with E-state index < -0.39 is 0 Å². The monoisotopic (exact) mass is 353 g/mol. The minimum absolute atomic E-state index is 0.128. The summed E-state index contributed by atoms with van der Waals surface area (Å²) < 4.78 is 5.64. The van der Waals surface area contributed by atoms with Crippen molar-refractivity contribution in [2.45, 2.75) is 45.6 Å². The van der Waals surface area contributed by atoms with Crippen LogP contribution >= 0.6 is 23.2 Å². The van der Waals surface area contributed by atoms with Gasteiger partial charge < -0.3 is 4.74 Å². The van der Waals surface area contributed by atoms with Gasteiger partial charge in [0, 0.05) is 11.1 Å². The number of halogens is 2. The van der Waals surface area contributed by atoms with E-state index in [1.165, 1.54) is 0 Å². The third kappa shape index (κ3) is 2.74. The third-order valence-electron chi connectivity index (χ3n) is 4.01. The minimum Gasteiger partial charge on any atom is -0.488 e. The molecule has 23 heavy (non-hydrogen) atoms. The van der Waals surface area contributed by atoms with Gasteiger partial charge in [0.15, 0.2) is 5.75 Å². The van der Waals surface area contributed by atoms with Crippen LogP contribution in [0.2, 0.25) is 10.0 Å². The number of ether oxygens (including phenoxy) is 1. The second kappa shape index (κ2) is 6.17. The molecule has 3 rings (SSSR count). The molecule has 1 heterocycles. The Labute approximate surface area is 145 Å². The maximum atomic E-state index is 12.6. The Morgan fingerprint density at radius 3 is 2.13 bits per heavy atom. The second-order valence-corrected chi connectivity index (χ2v) is 6.77. The molecule has 4 nitrogen and oxygen atoms in total. The highest BCUT2D eigenvalue weighted by atomic mass is 35.5. The SMILES string of the molecule is CC(C)Oc1c(Cl)ccc(N2C(=O)C3=C(CCCC3)C2=O)c1Cl. The van der Waals surface area contributed by atoms with Crippen LogP contribution in [-0.4, -0.2) is 17.9 Å². The molecule has 0 atom stereocenters. The molecule has 1 aromatic rings. The summed E-state index contributed by atoms with van der Waals surface area (Å²) in [7, 11) is 0. The maximum absolute atomic E-state index is 12.6. The van der Waals surface area contributed by atoms with Crippen molar-refractivity contribution in [3.63, 3.8) is 0 Å². The van der Waals surface area contributed by atoms with E-state index in [1.807, 2.05) is 13.8 Å². The number of hydrogen-bond acceptors (Lipinski definition) is 3. The molecule has 1 aliphatic heterocycles. The van der Waals surface area contributed by atoms with Crippen molar-refractivity contribution < 1.29 is 14.3 Å². The Hall–Kier alpha value is -1.52. The van der Waals surface area contributed by atoms with Crippen LogP contribution in [0.3, 0.4) is 0 Å². The van der Waals surface area contributed by atoms with Crippen molar-refractivity contribution in [2.75, 3.05) is 4.90 Å². The fourth-order valence-electron chi connectivity index (χ4n) is 3.00. The van der Waals surface area contributed by atoms with Gasteiger partial charge in [0.2, 0.25) is 0 Å². The topological polar surface area (TPSA) is 46.6 Å². The Morgan fingerprint density at radius 1 is 1.04 bits per heavy atom. The zero-order valence-electron chi connectivity index (χ0n) is 13.0. The van der Waals surface area contributed by atoms with Crippen LogP contribution < -0.4 is 9.64 Å². The van der Waals surface area contributed by atoms with Crippen molar-refractivity contribution in [2.24, 2.45) is 0 Å². The second-order valence-electron chi connectivity index (χ2n) is 5.99. The zero-order chi connectivity index (χ0) is 16.7. The van der Waals surface area contributed by atoms with E-state index in [1.54, 1.807) is 12.1 Å². The van der Waals surface area contributed by atoms with Crippen molar-refractivity contribution in [3.05, 3.63) is 33.3 Å². The molecule has 2 amide bonds. The smallest absolute Gasteiger partial charge is 0.261 e. The summed E-state index contributed by atoms with van der Waals surface area (Å²) in [5, 5.41) is 0.539. The molecule has 0 unspecified atom stereocenters. The van der Waals surface area contributed by atoms with E-state index in [2.05, 4.69) is 0 Å². The van der Waals surface area contributed by atoms with E-state index in [4.69, 9.17) is 27.9 Å². The number of anilines is 1. The number of rotatable bonds is 3. The predicted octanol–water partition coefficient (Wildman–Crippen LogP) is 4.52. The molecule has 0 aromatic heterocycles. The lowest BCUT2D eigenvalue weighted by Crippen LogP contribution is -2.31. The van der Waals surface area contributed by atoms with Gasteiger partial charge in [-0.15, -0.1) is 0 Å². The lowest BCUT2D eigenvalue weighted by molar-refractivity contribution is -0.120. The summed E-state index contributed by atoms with van der Waals surface area (Å²) in [6.07, 6.45) is 3.04. The fourth-order valence-corrected chi connectivity index (χ4v) is 3.54. The number of hydrogen-bond donors (Lipinski definition) is 0. The number of benzene rings is 1. The number of nitrogens with zero attached hydrogens (tertiary/aromatic N) is 1. The zero-order valence-corrected chi connectivity index (χ0v) is 14.5. The first kappa shape index (κ1) is 16.3. The summed E-state index contributed by atoms with van der Waals surface area (Å²) >= 11 is 12.5. The van der Waals surface area contributed by atoms with Gasteiger partial charge in [-0.2, -0.15) is 0 Å². The standard InChI is InChI=1S/C17H17Cl2NO3/c1-9(2)23-15-12(18)7-8-13(14(15)19)20-16(21)10-5-3-4-6-11(10)17(20)22/h7-9H,3-6H2,1-2H3. The largest absolute Gasteiger partial charge is 0.488 e. The molecule has 0 spiro atoms. The average Bonchev–Trinajstić information content (AvgIpc) is 2.76. The van der Waals surface area contributed by atoms with Crippen molar-refractivity contribution in [1.29, 1.82) is 0 Å². The summed E-state index contributed by atoms with van der Waals surface area (Å²) in [4.78, 5) is 26.4. The van der Waals surface area contributed by atoms with Crippen LogP contribution in [-0.2, 0) is 9.59 Å². The Bertz CT molecular complexity index is 697. The van der Waals surface area contributed by atoms with Gasteiger partial charge in [0.05, 0.1) is 16.8 Å². The first-order valence-corrected chi connectivity index (χ1v) is 8.43. The van der Waals surface area contributed by atoms with Crippen molar-refractivity contribution >= 4 is 40.7 Å². The van der Waals surface area contributed by atoms with Crippen LogP contribution in [0.1, 0.15) is 39.5 Å². The van der Waals surface area contributed by atoms with Gasteiger partial charge in [-0.05, 0) is 51.7 Å². The Kier molecular flexibility index (Phi) is 4.39. The molecule has 0 fully saturated rings. The van der Waals surface area contributed by atoms with Crippen LogP contribution in [0.5, 0.6) is 5.75 Å². The average molecular weight is 354 g/mol. The van der Waals surface area contributed by atoms with E-state index in [0.717, 1.165) is 17.7 Å². The molecule has 1 aliphatic carbocycles. The highest BCUT2D eigenvalue weighted by Gasteiger charge is 2.41. The molecule has 122 valence electrons. The number of imide groups is 1. The summed E-state index contributed by atoms with van der Waals surface area (Å²) in [5.74, 6) is -0.250. The van der Waals surface area contributed by atoms with Crippen molar-refractivity contribution in [3.8, 4) is 5.75 Å². The molecule has 0 bridgehead atoms. The number of amides is 2. The van der Waals surface area contributed by atoms with E-state index in [9.17, 15) is 9.59 Å². The van der Waals surface area contributed by atoms with E-state index in [-0.39, 0.29) is 22.9 Å². The van der Waals surface area contributed by atoms with Gasteiger partial charge in [-0.25, -0.2) is 4.90 Å². The summed E-state index contributed by atoms with van der Waals surface area (Å²) in [6.45, 7) is 3.71. The third-order valence-corrected chi connectivity index (χ3v) is 4.68. The van der Waals surface area contributed by atoms with Crippen molar-refractivity contribution in [1.82, 2.24) is 0 Å². The number of carbonyl (C=O) groups excluding carboxylic acids is 2. The first-order valence-electron chi connectivity index (χ1n) is 7.67. The molecule has 0 N–H and O–H groups in total. The van der Waals surface area contributed by atoms with Gasteiger partial charge in [-0.3, -0.25) is 9.59 Å². The van der Waals surface area contributed by atoms with Crippen LogP contribution in [0.15, 0.2) is 23.3 Å². The van der Waals surface area contributed by atoms with Gasteiger partial charge in [-0.1, -0.05) is 23.2 Å². The minimum atomic E-state index is -0.274. The summed E-state index contributed by atoms with van der Waals surface area (Å²) in [5.41, 5.74) is 1.58. The van der Waals surface area contributed by atoms with Crippen LogP contribution in [0.25, 0.3) is 0 Å². The lowest BCUT2D eigenvalue weighted by Gasteiger charge is -2.20. The predicted molar refractivity (Wildman–Crippen MR) is 90.2 cm³/mol. The van der Waals surface area contributed by atoms with Crippen LogP contribution in [0.4, 0.5) is 5.69 Å². The molecule has 2 aliphatic rings. The Balaban J connectivity index is 2.03. The highest BCUT2D eigenvalue weighted by Crippen LogP contribution is 2.44.